The van der Waals surface area contributed by atoms with Crippen molar-refractivity contribution in [2.45, 2.75) is 57.0 Å². The van der Waals surface area contributed by atoms with E-state index in [9.17, 15) is 9.59 Å². The van der Waals surface area contributed by atoms with Crippen molar-refractivity contribution in [3.05, 3.63) is 0 Å². The number of aliphatic carboxylic acids is 1. The van der Waals surface area contributed by atoms with Crippen LogP contribution in [0.3, 0.4) is 0 Å². The molecular formula is C15H27N3O3. The quantitative estimate of drug-likeness (QED) is 0.542. The summed E-state index contributed by atoms with van der Waals surface area (Å²) in [5, 5.41) is 14.9. The number of piperidine rings is 1. The van der Waals surface area contributed by atoms with Crippen molar-refractivity contribution in [1.82, 2.24) is 15.5 Å². The molecule has 1 saturated heterocycles. The highest BCUT2D eigenvalue weighted by molar-refractivity contribution is 5.78. The monoisotopic (exact) mass is 297 g/mol. The van der Waals surface area contributed by atoms with Crippen LogP contribution in [0.1, 0.15) is 44.9 Å². The fraction of sp³-hybridized carbons (Fsp3) is 0.867. The first-order chi connectivity index (χ1) is 10.1. The van der Waals surface area contributed by atoms with E-state index in [0.29, 0.717) is 31.6 Å². The molecule has 3 N–H and O–H groups in total. The zero-order chi connectivity index (χ0) is 15.1. The molecule has 6 nitrogen and oxygen atoms in total. The maximum Gasteiger partial charge on any atom is 0.303 e. The first kappa shape index (κ1) is 16.2. The molecular weight excluding hydrogens is 270 g/mol. The predicted molar refractivity (Wildman–Crippen MR) is 80.1 cm³/mol. The average molecular weight is 297 g/mol. The van der Waals surface area contributed by atoms with Crippen LogP contribution in [0.5, 0.6) is 0 Å². The molecule has 1 saturated carbocycles. The molecule has 2 fully saturated rings. The number of hydrogen-bond acceptors (Lipinski definition) is 4. The summed E-state index contributed by atoms with van der Waals surface area (Å²) >= 11 is 0. The van der Waals surface area contributed by atoms with Crippen LogP contribution in [0.15, 0.2) is 0 Å². The zero-order valence-electron chi connectivity index (χ0n) is 12.6. The Morgan fingerprint density at radius 2 is 2.05 bits per heavy atom. The highest BCUT2D eigenvalue weighted by Gasteiger charge is 2.31. The number of nitrogens with one attached hydrogen (secondary N) is 2. The number of hydrogen-bond donors (Lipinski definition) is 3. The number of carboxylic acids is 1. The highest BCUT2D eigenvalue weighted by atomic mass is 16.4. The molecule has 6 heteroatoms. The van der Waals surface area contributed by atoms with Gasteiger partial charge in [-0.25, -0.2) is 0 Å². The molecule has 0 aromatic carbocycles. The van der Waals surface area contributed by atoms with Gasteiger partial charge in [0.2, 0.25) is 5.91 Å². The molecule has 120 valence electrons. The third kappa shape index (κ3) is 6.44. The third-order valence-corrected chi connectivity index (χ3v) is 4.17. The molecule has 1 unspecified atom stereocenters. The Morgan fingerprint density at radius 1 is 1.24 bits per heavy atom. The van der Waals surface area contributed by atoms with Crippen LogP contribution in [0.2, 0.25) is 0 Å². The number of rotatable bonds is 9. The van der Waals surface area contributed by atoms with Crippen molar-refractivity contribution in [3.8, 4) is 0 Å². The Labute approximate surface area is 126 Å². The Morgan fingerprint density at radius 3 is 2.67 bits per heavy atom. The summed E-state index contributed by atoms with van der Waals surface area (Å²) in [7, 11) is 0. The molecule has 2 aliphatic rings. The van der Waals surface area contributed by atoms with E-state index in [1.165, 1.54) is 32.1 Å². The van der Waals surface area contributed by atoms with Crippen LogP contribution in [-0.4, -0.2) is 60.1 Å². The van der Waals surface area contributed by atoms with Gasteiger partial charge in [-0.1, -0.05) is 6.42 Å². The first-order valence-corrected chi connectivity index (χ1v) is 8.11. The van der Waals surface area contributed by atoms with Gasteiger partial charge in [-0.15, -0.1) is 0 Å². The second-order valence-corrected chi connectivity index (χ2v) is 6.15. The SMILES string of the molecule is O=C(O)CCCNC(=O)CN(CC1CCCCN1)C1CC1. The number of carbonyl (C=O) groups is 2. The van der Waals surface area contributed by atoms with Crippen LogP contribution in [0.25, 0.3) is 0 Å². The van der Waals surface area contributed by atoms with Gasteiger partial charge >= 0.3 is 5.97 Å². The number of carbonyl (C=O) groups excluding carboxylic acids is 1. The van der Waals surface area contributed by atoms with E-state index in [1.807, 2.05) is 0 Å². The van der Waals surface area contributed by atoms with E-state index in [1.54, 1.807) is 0 Å². The Bertz CT molecular complexity index is 352. The summed E-state index contributed by atoms with van der Waals surface area (Å²) in [6, 6.07) is 1.08. The predicted octanol–water partition coefficient (Wildman–Crippen LogP) is 0.574. The van der Waals surface area contributed by atoms with Crippen LogP contribution in [0, 0.1) is 0 Å². The molecule has 1 atom stereocenters. The third-order valence-electron chi connectivity index (χ3n) is 4.17. The number of amides is 1. The van der Waals surface area contributed by atoms with E-state index >= 15 is 0 Å². The van der Waals surface area contributed by atoms with Gasteiger partial charge in [0, 0.05) is 31.6 Å². The Kier molecular flexibility index (Phi) is 6.45. The van der Waals surface area contributed by atoms with Gasteiger partial charge in [-0.05, 0) is 38.6 Å². The maximum absolute atomic E-state index is 12.0. The van der Waals surface area contributed by atoms with Gasteiger partial charge in [-0.3, -0.25) is 14.5 Å². The van der Waals surface area contributed by atoms with Gasteiger partial charge in [0.25, 0.3) is 0 Å². The molecule has 0 aromatic rings. The molecule has 21 heavy (non-hydrogen) atoms. The van der Waals surface area contributed by atoms with Gasteiger partial charge < -0.3 is 15.7 Å². The van der Waals surface area contributed by atoms with E-state index in [4.69, 9.17) is 5.11 Å². The second-order valence-electron chi connectivity index (χ2n) is 6.15. The van der Waals surface area contributed by atoms with Crippen LogP contribution < -0.4 is 10.6 Å². The summed E-state index contributed by atoms with van der Waals surface area (Å²) in [5.41, 5.74) is 0. The summed E-state index contributed by atoms with van der Waals surface area (Å²) in [6.45, 7) is 2.93. The Hall–Kier alpha value is -1.14. The average Bonchev–Trinajstić information content (AvgIpc) is 3.28. The van der Waals surface area contributed by atoms with Crippen molar-refractivity contribution in [1.29, 1.82) is 0 Å². The molecule has 0 spiro atoms. The summed E-state index contributed by atoms with van der Waals surface area (Å²) in [4.78, 5) is 24.7. The van der Waals surface area contributed by atoms with Crippen molar-refractivity contribution in [2.24, 2.45) is 0 Å². The number of carboxylic acid groups (broad SMARTS) is 1. The van der Waals surface area contributed by atoms with Gasteiger partial charge in [0.1, 0.15) is 0 Å². The Balaban J connectivity index is 1.66. The fourth-order valence-corrected chi connectivity index (χ4v) is 2.85. The van der Waals surface area contributed by atoms with Crippen LogP contribution >= 0.6 is 0 Å². The highest BCUT2D eigenvalue weighted by Crippen LogP contribution is 2.27. The molecule has 0 aromatic heterocycles. The van der Waals surface area contributed by atoms with Crippen LogP contribution in [0.4, 0.5) is 0 Å². The maximum atomic E-state index is 12.0. The van der Waals surface area contributed by atoms with E-state index < -0.39 is 5.97 Å². The normalized spacial score (nSPS) is 22.2. The lowest BCUT2D eigenvalue weighted by Gasteiger charge is -2.30. The van der Waals surface area contributed by atoms with Crippen molar-refractivity contribution >= 4 is 11.9 Å². The molecule has 1 heterocycles. The fourth-order valence-electron chi connectivity index (χ4n) is 2.85. The molecule has 1 aliphatic carbocycles. The largest absolute Gasteiger partial charge is 0.481 e. The molecule has 0 bridgehead atoms. The van der Waals surface area contributed by atoms with Gasteiger partial charge in [-0.2, -0.15) is 0 Å². The lowest BCUT2D eigenvalue weighted by Crippen LogP contribution is -2.47. The van der Waals surface area contributed by atoms with Crippen LogP contribution in [-0.2, 0) is 9.59 Å². The molecule has 2 rings (SSSR count). The first-order valence-electron chi connectivity index (χ1n) is 8.11. The summed E-state index contributed by atoms with van der Waals surface area (Å²) in [5.74, 6) is -0.796. The summed E-state index contributed by atoms with van der Waals surface area (Å²) < 4.78 is 0. The molecule has 0 radical (unpaired) electrons. The standard InChI is InChI=1S/C15H27N3O3/c19-14(17-9-3-5-15(20)21)11-18(13-6-7-13)10-12-4-1-2-8-16-12/h12-13,16H,1-11H2,(H,17,19)(H,20,21). The number of nitrogens with zero attached hydrogens (tertiary/aromatic N) is 1. The minimum atomic E-state index is -0.813. The zero-order valence-corrected chi connectivity index (χ0v) is 12.6. The van der Waals surface area contributed by atoms with E-state index in [0.717, 1.165) is 13.1 Å². The van der Waals surface area contributed by atoms with Crippen molar-refractivity contribution in [2.75, 3.05) is 26.2 Å². The van der Waals surface area contributed by atoms with Gasteiger partial charge in [0.15, 0.2) is 0 Å². The smallest absolute Gasteiger partial charge is 0.303 e. The minimum Gasteiger partial charge on any atom is -0.481 e. The van der Waals surface area contributed by atoms with Crippen molar-refractivity contribution < 1.29 is 14.7 Å². The second kappa shape index (κ2) is 8.34. The molecule has 1 amide bonds. The van der Waals surface area contributed by atoms with E-state index in [-0.39, 0.29) is 12.3 Å². The minimum absolute atomic E-state index is 0.0168. The van der Waals surface area contributed by atoms with Crippen molar-refractivity contribution in [3.63, 3.8) is 0 Å². The van der Waals surface area contributed by atoms with E-state index in [2.05, 4.69) is 15.5 Å². The molecule has 1 aliphatic heterocycles. The van der Waals surface area contributed by atoms with Gasteiger partial charge in [0.05, 0.1) is 6.54 Å². The summed E-state index contributed by atoms with van der Waals surface area (Å²) in [6.07, 6.45) is 6.72. The lowest BCUT2D eigenvalue weighted by atomic mass is 10.0. The topological polar surface area (TPSA) is 81.7 Å². The lowest BCUT2D eigenvalue weighted by molar-refractivity contribution is -0.137.